The minimum atomic E-state index is -0.432. The molecule has 0 aromatic heterocycles. The predicted molar refractivity (Wildman–Crippen MR) is 70.3 cm³/mol. The number of rotatable bonds is 7. The quantitative estimate of drug-likeness (QED) is 0.707. The van der Waals surface area contributed by atoms with Crippen LogP contribution in [0.15, 0.2) is 0 Å². The SMILES string of the molecule is O=C(NCCCCCC1CC1)C12CCC(CC1)O2. The standard InChI is InChI=1S/C15H25NO2/c17-14(15-9-7-13(18-15)8-10-15)16-11-3-1-2-4-12-5-6-12/h12-13H,1-11H2,(H,16,17). The van der Waals surface area contributed by atoms with Crippen LogP contribution in [0, 0.1) is 5.92 Å². The molecule has 2 saturated heterocycles. The lowest BCUT2D eigenvalue weighted by Gasteiger charge is -2.23. The molecule has 1 N–H and O–H groups in total. The zero-order valence-electron chi connectivity index (χ0n) is 11.2. The Labute approximate surface area is 110 Å². The summed E-state index contributed by atoms with van der Waals surface area (Å²) < 4.78 is 5.83. The van der Waals surface area contributed by atoms with Gasteiger partial charge in [-0.2, -0.15) is 0 Å². The number of fused-ring (bicyclic) bond motifs is 2. The van der Waals surface area contributed by atoms with Crippen molar-refractivity contribution in [3.63, 3.8) is 0 Å². The number of nitrogens with one attached hydrogen (secondary N) is 1. The lowest BCUT2D eigenvalue weighted by molar-refractivity contribution is -0.139. The molecule has 2 bridgehead atoms. The van der Waals surface area contributed by atoms with E-state index in [1.54, 1.807) is 0 Å². The zero-order valence-corrected chi connectivity index (χ0v) is 11.2. The van der Waals surface area contributed by atoms with E-state index < -0.39 is 5.60 Å². The highest BCUT2D eigenvalue weighted by Gasteiger charge is 2.51. The molecule has 0 radical (unpaired) electrons. The Morgan fingerprint density at radius 3 is 2.50 bits per heavy atom. The fourth-order valence-corrected chi connectivity index (χ4v) is 3.40. The number of ether oxygens (including phenoxy) is 1. The topological polar surface area (TPSA) is 38.3 Å². The summed E-state index contributed by atoms with van der Waals surface area (Å²) in [4.78, 5) is 12.1. The Hall–Kier alpha value is -0.570. The molecule has 3 rings (SSSR count). The summed E-state index contributed by atoms with van der Waals surface area (Å²) in [6.07, 6.45) is 12.4. The van der Waals surface area contributed by atoms with Crippen LogP contribution in [0.1, 0.15) is 64.2 Å². The molecule has 0 aromatic carbocycles. The van der Waals surface area contributed by atoms with Gasteiger partial charge in [-0.1, -0.05) is 32.1 Å². The normalized spacial score (nSPS) is 33.9. The van der Waals surface area contributed by atoms with Crippen molar-refractivity contribution in [3.8, 4) is 0 Å². The van der Waals surface area contributed by atoms with Crippen LogP contribution < -0.4 is 5.32 Å². The molecule has 3 fully saturated rings. The summed E-state index contributed by atoms with van der Waals surface area (Å²) in [7, 11) is 0. The van der Waals surface area contributed by atoms with Crippen molar-refractivity contribution in [3.05, 3.63) is 0 Å². The van der Waals surface area contributed by atoms with Crippen LogP contribution in [0.25, 0.3) is 0 Å². The van der Waals surface area contributed by atoms with Gasteiger partial charge in [0.1, 0.15) is 5.60 Å². The summed E-state index contributed by atoms with van der Waals surface area (Å²) in [5.41, 5.74) is -0.432. The molecule has 3 aliphatic rings. The number of hydrogen-bond acceptors (Lipinski definition) is 2. The van der Waals surface area contributed by atoms with Gasteiger partial charge in [0.15, 0.2) is 0 Å². The van der Waals surface area contributed by atoms with Gasteiger partial charge in [0, 0.05) is 6.54 Å². The first-order chi connectivity index (χ1) is 8.78. The summed E-state index contributed by atoms with van der Waals surface area (Å²) in [5.74, 6) is 1.20. The molecular formula is C15H25NO2. The van der Waals surface area contributed by atoms with Crippen molar-refractivity contribution in [2.75, 3.05) is 6.54 Å². The molecule has 1 saturated carbocycles. The van der Waals surface area contributed by atoms with Gasteiger partial charge in [0.2, 0.25) is 0 Å². The Kier molecular flexibility index (Phi) is 3.60. The summed E-state index contributed by atoms with van der Waals surface area (Å²) in [5, 5.41) is 3.08. The Morgan fingerprint density at radius 2 is 1.89 bits per heavy atom. The fraction of sp³-hybridized carbons (Fsp3) is 0.933. The van der Waals surface area contributed by atoms with Crippen LogP contribution in [-0.4, -0.2) is 24.2 Å². The highest BCUT2D eigenvalue weighted by molar-refractivity contribution is 5.85. The van der Waals surface area contributed by atoms with Crippen LogP contribution in [0.4, 0.5) is 0 Å². The molecule has 102 valence electrons. The van der Waals surface area contributed by atoms with Crippen LogP contribution in [0.2, 0.25) is 0 Å². The van der Waals surface area contributed by atoms with Crippen LogP contribution in [0.5, 0.6) is 0 Å². The van der Waals surface area contributed by atoms with E-state index in [4.69, 9.17) is 4.74 Å². The number of unbranched alkanes of at least 4 members (excludes halogenated alkanes) is 2. The summed E-state index contributed by atoms with van der Waals surface area (Å²) in [6, 6.07) is 0. The number of hydrogen-bond donors (Lipinski definition) is 1. The highest BCUT2D eigenvalue weighted by Crippen LogP contribution is 2.43. The molecule has 1 amide bonds. The Balaban J connectivity index is 1.29. The molecule has 3 nitrogen and oxygen atoms in total. The second-order valence-corrected chi connectivity index (χ2v) is 6.36. The number of carbonyl (C=O) groups excluding carboxylic acids is 1. The smallest absolute Gasteiger partial charge is 0.252 e. The predicted octanol–water partition coefficient (Wildman–Crippen LogP) is 2.78. The van der Waals surface area contributed by atoms with E-state index in [2.05, 4.69) is 5.32 Å². The van der Waals surface area contributed by atoms with Crippen LogP contribution in [-0.2, 0) is 9.53 Å². The first kappa shape index (κ1) is 12.5. The molecule has 0 atom stereocenters. The highest BCUT2D eigenvalue weighted by atomic mass is 16.5. The van der Waals surface area contributed by atoms with Crippen LogP contribution >= 0.6 is 0 Å². The van der Waals surface area contributed by atoms with Gasteiger partial charge in [-0.25, -0.2) is 0 Å². The maximum atomic E-state index is 12.1. The average molecular weight is 251 g/mol. The van der Waals surface area contributed by atoms with Gasteiger partial charge in [-0.05, 0) is 38.0 Å². The average Bonchev–Trinajstić information content (AvgIpc) is 2.99. The van der Waals surface area contributed by atoms with Crippen molar-refractivity contribution < 1.29 is 9.53 Å². The van der Waals surface area contributed by atoms with E-state index in [9.17, 15) is 4.79 Å². The molecule has 18 heavy (non-hydrogen) atoms. The van der Waals surface area contributed by atoms with Gasteiger partial charge >= 0.3 is 0 Å². The summed E-state index contributed by atoms with van der Waals surface area (Å²) in [6.45, 7) is 0.833. The van der Waals surface area contributed by atoms with Gasteiger partial charge in [-0.15, -0.1) is 0 Å². The molecule has 3 heteroatoms. The van der Waals surface area contributed by atoms with E-state index in [1.165, 1.54) is 32.1 Å². The molecule has 0 unspecified atom stereocenters. The minimum absolute atomic E-state index is 0.157. The van der Waals surface area contributed by atoms with E-state index in [1.807, 2.05) is 0 Å². The lowest BCUT2D eigenvalue weighted by Crippen LogP contribution is -2.45. The van der Waals surface area contributed by atoms with Crippen molar-refractivity contribution in [2.45, 2.75) is 75.9 Å². The van der Waals surface area contributed by atoms with E-state index in [0.29, 0.717) is 6.10 Å². The van der Waals surface area contributed by atoms with Crippen molar-refractivity contribution in [2.24, 2.45) is 5.92 Å². The third kappa shape index (κ3) is 2.71. The summed E-state index contributed by atoms with van der Waals surface area (Å²) >= 11 is 0. The molecule has 2 heterocycles. The van der Waals surface area contributed by atoms with E-state index >= 15 is 0 Å². The van der Waals surface area contributed by atoms with Crippen molar-refractivity contribution in [1.29, 1.82) is 0 Å². The number of amides is 1. The molecule has 2 aliphatic heterocycles. The second-order valence-electron chi connectivity index (χ2n) is 6.36. The number of carbonyl (C=O) groups is 1. The fourth-order valence-electron chi connectivity index (χ4n) is 3.40. The molecule has 0 spiro atoms. The van der Waals surface area contributed by atoms with E-state index in [0.717, 1.165) is 44.6 Å². The zero-order chi connectivity index (χ0) is 12.4. The third-order valence-electron chi connectivity index (χ3n) is 4.82. The van der Waals surface area contributed by atoms with Crippen LogP contribution in [0.3, 0.4) is 0 Å². The molecular weight excluding hydrogens is 226 g/mol. The van der Waals surface area contributed by atoms with Gasteiger partial charge in [-0.3, -0.25) is 4.79 Å². The molecule has 1 aliphatic carbocycles. The maximum absolute atomic E-state index is 12.1. The van der Waals surface area contributed by atoms with Gasteiger partial charge in [0.05, 0.1) is 6.10 Å². The maximum Gasteiger partial charge on any atom is 0.252 e. The Morgan fingerprint density at radius 1 is 1.11 bits per heavy atom. The second kappa shape index (κ2) is 5.20. The third-order valence-corrected chi connectivity index (χ3v) is 4.82. The first-order valence-corrected chi connectivity index (χ1v) is 7.75. The first-order valence-electron chi connectivity index (χ1n) is 7.75. The van der Waals surface area contributed by atoms with Crippen molar-refractivity contribution >= 4 is 5.91 Å². The Bertz CT molecular complexity index is 304. The molecule has 0 aromatic rings. The van der Waals surface area contributed by atoms with Gasteiger partial charge in [0.25, 0.3) is 5.91 Å². The lowest BCUT2D eigenvalue weighted by atomic mass is 9.88. The van der Waals surface area contributed by atoms with Crippen molar-refractivity contribution in [1.82, 2.24) is 5.32 Å². The van der Waals surface area contributed by atoms with Gasteiger partial charge < -0.3 is 10.1 Å². The minimum Gasteiger partial charge on any atom is -0.362 e. The monoisotopic (exact) mass is 251 g/mol. The largest absolute Gasteiger partial charge is 0.362 e. The van der Waals surface area contributed by atoms with E-state index in [-0.39, 0.29) is 5.91 Å².